The van der Waals surface area contributed by atoms with Crippen molar-refractivity contribution in [1.82, 2.24) is 10.3 Å². The summed E-state index contributed by atoms with van der Waals surface area (Å²) >= 11 is 0. The van der Waals surface area contributed by atoms with E-state index in [4.69, 9.17) is 0 Å². The van der Waals surface area contributed by atoms with Crippen LogP contribution in [0.15, 0.2) is 41.3 Å². The molecular weight excluding hydrogens is 459 g/mol. The summed E-state index contributed by atoms with van der Waals surface area (Å²) in [5, 5.41) is 3.29. The topological polar surface area (TPSA) is 101 Å². The fraction of sp³-hybridized carbons (Fsp3) is 0.500. The molecule has 0 bridgehead atoms. The molecule has 0 unspecified atom stereocenters. The summed E-state index contributed by atoms with van der Waals surface area (Å²) in [6.45, 7) is 12.6. The lowest BCUT2D eigenvalue weighted by molar-refractivity contribution is -0.138. The van der Waals surface area contributed by atoms with Crippen LogP contribution in [0.3, 0.4) is 0 Å². The van der Waals surface area contributed by atoms with Crippen LogP contribution in [-0.4, -0.2) is 58.3 Å². The molecule has 2 heterocycles. The van der Waals surface area contributed by atoms with E-state index < -0.39 is 16.7 Å². The van der Waals surface area contributed by atoms with Crippen molar-refractivity contribution in [2.45, 2.75) is 51.0 Å². The summed E-state index contributed by atoms with van der Waals surface area (Å²) in [4.78, 5) is 16.5. The van der Waals surface area contributed by atoms with Crippen LogP contribution in [0.5, 0.6) is 0 Å². The smallest absolute Gasteiger partial charge is 0.293 e. The molecule has 2 aromatic rings. The van der Waals surface area contributed by atoms with Crippen LogP contribution in [0.2, 0.25) is 0 Å². The third-order valence-electron chi connectivity index (χ3n) is 5.15. The monoisotopic (exact) mass is 494 g/mol. The molecule has 188 valence electrons. The number of pyridine rings is 1. The number of aromatic nitrogens is 1. The van der Waals surface area contributed by atoms with Gasteiger partial charge in [-0.2, -0.15) is 0 Å². The zero-order valence-corrected chi connectivity index (χ0v) is 21.3. The van der Waals surface area contributed by atoms with Crippen molar-refractivity contribution in [1.29, 1.82) is 0 Å². The molecule has 0 aliphatic carbocycles. The molecule has 1 aliphatic heterocycles. The second kappa shape index (κ2) is 12.1. The Morgan fingerprint density at radius 1 is 1.18 bits per heavy atom. The fourth-order valence-corrected chi connectivity index (χ4v) is 4.26. The highest BCUT2D eigenvalue weighted by molar-refractivity contribution is 7.92. The number of nitrogens with one attached hydrogen (secondary N) is 2. The van der Waals surface area contributed by atoms with Gasteiger partial charge in [0.1, 0.15) is 11.4 Å². The number of aryl methyl sites for hydroxylation is 1. The normalized spacial score (nSPS) is 15.1. The van der Waals surface area contributed by atoms with Gasteiger partial charge in [0.25, 0.3) is 16.5 Å². The van der Waals surface area contributed by atoms with Crippen molar-refractivity contribution in [3.8, 4) is 0 Å². The number of ether oxygens (including phenoxy) is 1. The number of nitrogens with zero attached hydrogens (tertiary/aromatic N) is 2. The minimum absolute atomic E-state index is 0.142. The third-order valence-corrected chi connectivity index (χ3v) is 6.53. The van der Waals surface area contributed by atoms with E-state index in [0.717, 1.165) is 37.6 Å². The van der Waals surface area contributed by atoms with E-state index in [1.54, 1.807) is 32.0 Å². The maximum absolute atomic E-state index is 12.8. The van der Waals surface area contributed by atoms with Crippen molar-refractivity contribution in [3.63, 3.8) is 0 Å². The summed E-state index contributed by atoms with van der Waals surface area (Å²) < 4.78 is 45.2. The molecule has 1 aliphatic rings. The minimum atomic E-state index is -3.73. The molecule has 1 aromatic carbocycles. The highest BCUT2D eigenvalue weighted by Crippen LogP contribution is 2.24. The Morgan fingerprint density at radius 2 is 1.79 bits per heavy atom. The van der Waals surface area contributed by atoms with Crippen LogP contribution in [0.1, 0.15) is 44.9 Å². The number of rotatable bonds is 7. The number of carbonyl (C=O) groups excluding carboxylic acids is 1. The summed E-state index contributed by atoms with van der Waals surface area (Å²) in [5.74, 6) is 0.597. The van der Waals surface area contributed by atoms with Crippen LogP contribution in [0, 0.1) is 6.92 Å². The second-order valence-electron chi connectivity index (χ2n) is 9.10. The van der Waals surface area contributed by atoms with Gasteiger partial charge in [0.05, 0.1) is 23.0 Å². The first-order chi connectivity index (χ1) is 16.0. The van der Waals surface area contributed by atoms with E-state index in [0.29, 0.717) is 17.9 Å². The summed E-state index contributed by atoms with van der Waals surface area (Å²) in [6, 6.07) is 9.89. The Morgan fingerprint density at radius 3 is 2.26 bits per heavy atom. The molecule has 8 nitrogen and oxygen atoms in total. The molecule has 3 rings (SSSR count). The number of piperazine rings is 1. The number of halogens is 1. The Labute approximate surface area is 202 Å². The van der Waals surface area contributed by atoms with E-state index in [2.05, 4.69) is 24.7 Å². The van der Waals surface area contributed by atoms with Crippen molar-refractivity contribution in [2.24, 2.45) is 0 Å². The average Bonchev–Trinajstić information content (AvgIpc) is 2.80. The van der Waals surface area contributed by atoms with Gasteiger partial charge < -0.3 is 15.0 Å². The predicted octanol–water partition coefficient (Wildman–Crippen LogP) is 3.63. The summed E-state index contributed by atoms with van der Waals surface area (Å²) in [6.07, 6.45) is 0. The van der Waals surface area contributed by atoms with Gasteiger partial charge in [-0.3, -0.25) is 13.9 Å². The van der Waals surface area contributed by atoms with E-state index in [1.165, 1.54) is 12.1 Å². The van der Waals surface area contributed by atoms with Gasteiger partial charge in [0.2, 0.25) is 0 Å². The SMILES string of the molecule is CC(C)(C)OC=O.Cc1nc(N2CCNCC2)ccc1NS(=O)(=O)c1ccc([C@H](C)CF)cc1. The molecule has 1 saturated heterocycles. The lowest BCUT2D eigenvalue weighted by atomic mass is 10.0. The summed E-state index contributed by atoms with van der Waals surface area (Å²) in [7, 11) is -3.73. The zero-order chi connectivity index (χ0) is 25.4. The Kier molecular flexibility index (Phi) is 9.81. The van der Waals surface area contributed by atoms with Crippen molar-refractivity contribution < 1.29 is 22.3 Å². The Hall–Kier alpha value is -2.72. The number of alkyl halides is 1. The largest absolute Gasteiger partial charge is 0.462 e. The molecule has 1 atom stereocenters. The van der Waals surface area contributed by atoms with Crippen LogP contribution < -0.4 is 14.9 Å². The number of hydrogen-bond donors (Lipinski definition) is 2. The molecule has 0 spiro atoms. The number of benzene rings is 1. The number of sulfonamides is 1. The van der Waals surface area contributed by atoms with Crippen LogP contribution >= 0.6 is 0 Å². The minimum Gasteiger partial charge on any atom is -0.462 e. The molecule has 10 heteroatoms. The van der Waals surface area contributed by atoms with Gasteiger partial charge in [-0.15, -0.1) is 0 Å². The van der Waals surface area contributed by atoms with E-state index >= 15 is 0 Å². The first-order valence-corrected chi connectivity index (χ1v) is 12.7. The molecular formula is C24H35FN4O4S. The lowest BCUT2D eigenvalue weighted by Gasteiger charge is -2.28. The predicted molar refractivity (Wildman–Crippen MR) is 133 cm³/mol. The van der Waals surface area contributed by atoms with Crippen LogP contribution in [0.25, 0.3) is 0 Å². The van der Waals surface area contributed by atoms with E-state index in [1.807, 2.05) is 26.8 Å². The first kappa shape index (κ1) is 27.5. The maximum Gasteiger partial charge on any atom is 0.293 e. The molecule has 1 aromatic heterocycles. The van der Waals surface area contributed by atoms with Crippen LogP contribution in [0.4, 0.5) is 15.9 Å². The molecule has 1 fully saturated rings. The van der Waals surface area contributed by atoms with Gasteiger partial charge in [-0.25, -0.2) is 13.4 Å². The number of carbonyl (C=O) groups is 1. The van der Waals surface area contributed by atoms with Gasteiger partial charge >= 0.3 is 0 Å². The lowest BCUT2D eigenvalue weighted by Crippen LogP contribution is -2.43. The molecule has 34 heavy (non-hydrogen) atoms. The van der Waals surface area contributed by atoms with Crippen LogP contribution in [-0.2, 0) is 19.6 Å². The van der Waals surface area contributed by atoms with Crippen molar-refractivity contribution >= 4 is 28.0 Å². The average molecular weight is 495 g/mol. The van der Waals surface area contributed by atoms with Gasteiger partial charge in [0, 0.05) is 32.1 Å². The molecule has 0 radical (unpaired) electrons. The number of anilines is 2. The van der Waals surface area contributed by atoms with Gasteiger partial charge in [0.15, 0.2) is 0 Å². The number of hydrogen-bond acceptors (Lipinski definition) is 7. The van der Waals surface area contributed by atoms with Crippen molar-refractivity contribution in [2.75, 3.05) is 42.5 Å². The molecule has 2 N–H and O–H groups in total. The fourth-order valence-electron chi connectivity index (χ4n) is 3.14. The summed E-state index contributed by atoms with van der Waals surface area (Å²) in [5.41, 5.74) is 1.53. The molecule has 0 amide bonds. The van der Waals surface area contributed by atoms with Crippen molar-refractivity contribution in [3.05, 3.63) is 47.7 Å². The molecule has 0 saturated carbocycles. The first-order valence-electron chi connectivity index (χ1n) is 11.2. The van der Waals surface area contributed by atoms with Gasteiger partial charge in [-0.1, -0.05) is 19.1 Å². The van der Waals surface area contributed by atoms with E-state index in [-0.39, 0.29) is 16.4 Å². The highest BCUT2D eigenvalue weighted by atomic mass is 32.2. The maximum atomic E-state index is 12.8. The highest BCUT2D eigenvalue weighted by Gasteiger charge is 2.18. The Bertz CT molecular complexity index is 1030. The quantitative estimate of drug-likeness (QED) is 0.567. The third kappa shape index (κ3) is 8.25. The standard InChI is InChI=1S/C19H25FN4O2S.C5H10O2/c1-14(13-20)16-3-5-17(6-4-16)27(25,26)23-18-7-8-19(22-15(18)2)24-11-9-21-10-12-24;1-5(2,3)7-4-6/h3-8,14,21,23H,9-13H2,1-2H3;4H,1-3H3/t14-;/m1./s1. The zero-order valence-electron chi connectivity index (χ0n) is 20.5. The van der Waals surface area contributed by atoms with E-state index in [9.17, 15) is 17.6 Å². The van der Waals surface area contributed by atoms with Gasteiger partial charge in [-0.05, 0) is 57.5 Å². The second-order valence-corrected chi connectivity index (χ2v) is 10.8. The Balaban J connectivity index is 0.000000509.